The minimum atomic E-state index is -0.600. The van der Waals surface area contributed by atoms with Crippen LogP contribution in [0.5, 0.6) is 0 Å². The molecule has 0 aliphatic carbocycles. The lowest BCUT2D eigenvalue weighted by atomic mass is 10.1. The van der Waals surface area contributed by atoms with Crippen LogP contribution in [0.15, 0.2) is 54.9 Å². The first-order valence-corrected chi connectivity index (χ1v) is 7.29. The number of benzene rings is 1. The van der Waals surface area contributed by atoms with Gasteiger partial charge < -0.3 is 10.2 Å². The highest BCUT2D eigenvalue weighted by Crippen LogP contribution is 2.25. The molecule has 0 bridgehead atoms. The van der Waals surface area contributed by atoms with Crippen molar-refractivity contribution >= 4 is 17.5 Å². The van der Waals surface area contributed by atoms with Gasteiger partial charge in [0.1, 0.15) is 5.92 Å². The van der Waals surface area contributed by atoms with E-state index >= 15 is 0 Å². The van der Waals surface area contributed by atoms with Gasteiger partial charge in [0.15, 0.2) is 0 Å². The van der Waals surface area contributed by atoms with Gasteiger partial charge >= 0.3 is 0 Å². The van der Waals surface area contributed by atoms with Crippen LogP contribution in [0.4, 0.5) is 5.69 Å². The van der Waals surface area contributed by atoms with Crippen molar-refractivity contribution in [3.63, 3.8) is 0 Å². The molecule has 0 unspecified atom stereocenters. The maximum absolute atomic E-state index is 12.4. The van der Waals surface area contributed by atoms with Gasteiger partial charge in [0.05, 0.1) is 0 Å². The van der Waals surface area contributed by atoms with Gasteiger partial charge in [0.2, 0.25) is 11.8 Å². The van der Waals surface area contributed by atoms with Crippen LogP contribution >= 0.6 is 0 Å². The van der Waals surface area contributed by atoms with Crippen LogP contribution in [0.25, 0.3) is 0 Å². The van der Waals surface area contributed by atoms with E-state index in [9.17, 15) is 9.59 Å². The maximum Gasteiger partial charge on any atom is 0.239 e. The quantitative estimate of drug-likeness (QED) is 0.874. The lowest BCUT2D eigenvalue weighted by Crippen LogP contribution is -2.36. The Bertz CT molecular complexity index is 658. The van der Waals surface area contributed by atoms with Gasteiger partial charge in [-0.1, -0.05) is 24.3 Å². The van der Waals surface area contributed by atoms with E-state index in [2.05, 4.69) is 10.3 Å². The highest BCUT2D eigenvalue weighted by Gasteiger charge is 2.37. The van der Waals surface area contributed by atoms with Crippen LogP contribution in [0.3, 0.4) is 0 Å². The second kappa shape index (κ2) is 6.39. The largest absolute Gasteiger partial charge is 0.351 e. The number of aromatic nitrogens is 1. The van der Waals surface area contributed by atoms with Crippen LogP contribution in [0, 0.1) is 5.92 Å². The number of carbonyl (C=O) groups excluding carboxylic acids is 2. The number of nitrogens with zero attached hydrogens (tertiary/aromatic N) is 2. The fourth-order valence-electron chi connectivity index (χ4n) is 2.60. The van der Waals surface area contributed by atoms with Gasteiger partial charge in [0, 0.05) is 31.2 Å². The molecule has 0 saturated carbocycles. The maximum atomic E-state index is 12.4. The molecule has 2 aromatic rings. The molecule has 0 radical (unpaired) electrons. The van der Waals surface area contributed by atoms with Gasteiger partial charge in [-0.3, -0.25) is 14.6 Å². The number of rotatable bonds is 4. The van der Waals surface area contributed by atoms with Crippen molar-refractivity contribution in [3.8, 4) is 0 Å². The minimum absolute atomic E-state index is 0.130. The molecule has 0 spiro atoms. The Kier molecular flexibility index (Phi) is 4.14. The molecule has 1 aromatic heterocycles. The van der Waals surface area contributed by atoms with Crippen molar-refractivity contribution in [1.82, 2.24) is 10.3 Å². The summed E-state index contributed by atoms with van der Waals surface area (Å²) in [5.41, 5.74) is 1.76. The summed E-state index contributed by atoms with van der Waals surface area (Å²) in [5, 5.41) is 2.82. The Balaban J connectivity index is 1.61. The number of amides is 2. The fraction of sp³-hybridized carbons (Fsp3) is 0.235. The number of hydrogen-bond donors (Lipinski definition) is 1. The van der Waals surface area contributed by atoms with Crippen molar-refractivity contribution in [2.45, 2.75) is 13.0 Å². The lowest BCUT2D eigenvalue weighted by Gasteiger charge is -2.16. The van der Waals surface area contributed by atoms with E-state index in [4.69, 9.17) is 0 Å². The average molecular weight is 295 g/mol. The van der Waals surface area contributed by atoms with E-state index in [-0.39, 0.29) is 11.8 Å². The monoisotopic (exact) mass is 295 g/mol. The van der Waals surface area contributed by atoms with E-state index in [0.29, 0.717) is 19.5 Å². The van der Waals surface area contributed by atoms with Crippen molar-refractivity contribution in [2.75, 3.05) is 11.4 Å². The summed E-state index contributed by atoms with van der Waals surface area (Å²) in [6, 6.07) is 13.2. The highest BCUT2D eigenvalue weighted by molar-refractivity contribution is 6.09. The summed E-state index contributed by atoms with van der Waals surface area (Å²) in [7, 11) is 0. The van der Waals surface area contributed by atoms with Crippen LogP contribution in [0.1, 0.15) is 12.0 Å². The third kappa shape index (κ3) is 2.98. The Labute approximate surface area is 129 Å². The van der Waals surface area contributed by atoms with Crippen molar-refractivity contribution in [1.29, 1.82) is 0 Å². The summed E-state index contributed by atoms with van der Waals surface area (Å²) >= 11 is 0. The summed E-state index contributed by atoms with van der Waals surface area (Å²) in [5.74, 6) is -0.945. The molecule has 1 N–H and O–H groups in total. The van der Waals surface area contributed by atoms with Crippen LogP contribution in [-0.4, -0.2) is 23.3 Å². The first-order valence-electron chi connectivity index (χ1n) is 7.29. The molecule has 1 aliphatic rings. The van der Waals surface area contributed by atoms with E-state index in [1.54, 1.807) is 17.3 Å². The van der Waals surface area contributed by atoms with Crippen LogP contribution in [0.2, 0.25) is 0 Å². The second-order valence-electron chi connectivity index (χ2n) is 5.25. The molecule has 1 fully saturated rings. The predicted molar refractivity (Wildman–Crippen MR) is 83.0 cm³/mol. The number of anilines is 1. The molecule has 1 aromatic carbocycles. The molecule has 3 rings (SSSR count). The van der Waals surface area contributed by atoms with Gasteiger partial charge in [-0.2, -0.15) is 0 Å². The first kappa shape index (κ1) is 14.3. The molecule has 22 heavy (non-hydrogen) atoms. The van der Waals surface area contributed by atoms with Gasteiger partial charge in [-0.25, -0.2) is 0 Å². The lowest BCUT2D eigenvalue weighted by molar-refractivity contribution is -0.132. The van der Waals surface area contributed by atoms with E-state index in [0.717, 1.165) is 11.3 Å². The van der Waals surface area contributed by atoms with Crippen LogP contribution < -0.4 is 10.2 Å². The molecule has 2 amide bonds. The summed E-state index contributed by atoms with van der Waals surface area (Å²) < 4.78 is 0. The Hall–Kier alpha value is -2.69. The number of carbonyl (C=O) groups is 2. The van der Waals surface area contributed by atoms with Gasteiger partial charge in [-0.05, 0) is 30.2 Å². The Morgan fingerprint density at radius 3 is 2.77 bits per heavy atom. The molecule has 1 atom stereocenters. The zero-order valence-electron chi connectivity index (χ0n) is 12.1. The highest BCUT2D eigenvalue weighted by atomic mass is 16.2. The third-order valence-corrected chi connectivity index (χ3v) is 3.78. The smallest absolute Gasteiger partial charge is 0.239 e. The predicted octanol–water partition coefficient (Wildman–Crippen LogP) is 1.75. The van der Waals surface area contributed by atoms with E-state index in [1.807, 2.05) is 42.5 Å². The summed E-state index contributed by atoms with van der Waals surface area (Å²) in [6.07, 6.45) is 3.93. The molecule has 112 valence electrons. The molecular weight excluding hydrogens is 278 g/mol. The number of hydrogen-bond acceptors (Lipinski definition) is 3. The van der Waals surface area contributed by atoms with Crippen molar-refractivity contribution < 1.29 is 9.59 Å². The Morgan fingerprint density at radius 1 is 1.23 bits per heavy atom. The summed E-state index contributed by atoms with van der Waals surface area (Å²) in [4.78, 5) is 30.3. The first-order chi connectivity index (χ1) is 10.8. The molecule has 5 nitrogen and oxygen atoms in total. The van der Waals surface area contributed by atoms with E-state index in [1.165, 1.54) is 0 Å². The SMILES string of the molecule is O=C(NCc1cccnc1)[C@@H]1CCN(c2ccccc2)C1=O. The number of pyridine rings is 1. The third-order valence-electron chi connectivity index (χ3n) is 3.78. The second-order valence-corrected chi connectivity index (χ2v) is 5.25. The zero-order valence-corrected chi connectivity index (χ0v) is 12.1. The topological polar surface area (TPSA) is 62.3 Å². The van der Waals surface area contributed by atoms with Gasteiger partial charge in [0.25, 0.3) is 0 Å². The van der Waals surface area contributed by atoms with Crippen molar-refractivity contribution in [3.05, 3.63) is 60.4 Å². The number of para-hydroxylation sites is 1. The molecular formula is C17H17N3O2. The average Bonchev–Trinajstić information content (AvgIpc) is 2.96. The molecule has 1 aliphatic heterocycles. The van der Waals surface area contributed by atoms with Crippen LogP contribution in [-0.2, 0) is 16.1 Å². The summed E-state index contributed by atoms with van der Waals surface area (Å²) in [6.45, 7) is 0.968. The number of nitrogens with one attached hydrogen (secondary N) is 1. The Morgan fingerprint density at radius 2 is 2.05 bits per heavy atom. The molecule has 5 heteroatoms. The minimum Gasteiger partial charge on any atom is -0.351 e. The van der Waals surface area contributed by atoms with E-state index < -0.39 is 5.92 Å². The van der Waals surface area contributed by atoms with Crippen molar-refractivity contribution in [2.24, 2.45) is 5.92 Å². The molecule has 1 saturated heterocycles. The standard InChI is InChI=1S/C17H17N3O2/c21-16(19-12-13-5-4-9-18-11-13)15-8-10-20(17(15)22)14-6-2-1-3-7-14/h1-7,9,11,15H,8,10,12H2,(H,19,21)/t15-/m0/s1. The zero-order chi connectivity index (χ0) is 15.4. The van der Waals surface area contributed by atoms with Gasteiger partial charge in [-0.15, -0.1) is 0 Å². The molecule has 2 heterocycles. The normalized spacial score (nSPS) is 17.5. The fourth-order valence-corrected chi connectivity index (χ4v) is 2.60.